The van der Waals surface area contributed by atoms with Gasteiger partial charge in [0.1, 0.15) is 5.69 Å². The Morgan fingerprint density at radius 2 is 2.06 bits per heavy atom. The zero-order valence-electron chi connectivity index (χ0n) is 10.1. The van der Waals surface area contributed by atoms with E-state index in [2.05, 4.69) is 48.1 Å². The summed E-state index contributed by atoms with van der Waals surface area (Å²) in [5.74, 6) is 0. The summed E-state index contributed by atoms with van der Waals surface area (Å²) < 4.78 is 1.89. The molecule has 88 valence electrons. The van der Waals surface area contributed by atoms with Crippen molar-refractivity contribution in [3.63, 3.8) is 0 Å². The molecule has 2 aromatic rings. The highest BCUT2D eigenvalue weighted by molar-refractivity contribution is 5.57. The van der Waals surface area contributed by atoms with Gasteiger partial charge in [0.25, 0.3) is 0 Å². The van der Waals surface area contributed by atoms with Crippen molar-refractivity contribution in [3.8, 4) is 11.3 Å². The van der Waals surface area contributed by atoms with Crippen molar-refractivity contribution in [1.82, 2.24) is 15.0 Å². The number of hydrogen-bond acceptors (Lipinski definition) is 2. The topological polar surface area (TPSA) is 30.7 Å². The van der Waals surface area contributed by atoms with Gasteiger partial charge in [-0.15, -0.1) is 11.7 Å². The quantitative estimate of drug-likeness (QED) is 0.580. The molecule has 2 rings (SSSR count). The summed E-state index contributed by atoms with van der Waals surface area (Å²) in [6.07, 6.45) is 5.99. The van der Waals surface area contributed by atoms with Crippen LogP contribution in [0.25, 0.3) is 11.3 Å². The summed E-state index contributed by atoms with van der Waals surface area (Å²) in [5.41, 5.74) is 3.31. The highest BCUT2D eigenvalue weighted by atomic mass is 15.4. The fourth-order valence-corrected chi connectivity index (χ4v) is 1.66. The molecule has 0 aliphatic carbocycles. The minimum atomic E-state index is 0.894. The van der Waals surface area contributed by atoms with E-state index in [4.69, 9.17) is 0 Å². The third kappa shape index (κ3) is 3.03. The van der Waals surface area contributed by atoms with Crippen LogP contribution in [0.4, 0.5) is 0 Å². The van der Waals surface area contributed by atoms with Crippen molar-refractivity contribution in [2.75, 3.05) is 0 Å². The van der Waals surface area contributed by atoms with E-state index in [9.17, 15) is 0 Å². The summed E-state index contributed by atoms with van der Waals surface area (Å²) in [7, 11) is 0. The average Bonchev–Trinajstić information content (AvgIpc) is 2.79. The SMILES string of the molecule is C=CCCCn1cc(-c2ccc(C)cc2)nn1. The van der Waals surface area contributed by atoms with Gasteiger partial charge in [-0.05, 0) is 19.8 Å². The Morgan fingerprint density at radius 1 is 1.29 bits per heavy atom. The molecule has 0 aliphatic rings. The molecule has 3 nitrogen and oxygen atoms in total. The first kappa shape index (κ1) is 11.6. The van der Waals surface area contributed by atoms with Gasteiger partial charge in [0.05, 0.1) is 6.20 Å². The molecule has 0 amide bonds. The molecular formula is C14H17N3. The Bertz CT molecular complexity index is 482. The van der Waals surface area contributed by atoms with Crippen LogP contribution < -0.4 is 0 Å². The van der Waals surface area contributed by atoms with Crippen LogP contribution in [-0.2, 0) is 6.54 Å². The number of nitrogens with zero attached hydrogens (tertiary/aromatic N) is 3. The maximum absolute atomic E-state index is 4.18. The van der Waals surface area contributed by atoms with Crippen LogP contribution in [0.3, 0.4) is 0 Å². The van der Waals surface area contributed by atoms with Crippen LogP contribution in [-0.4, -0.2) is 15.0 Å². The van der Waals surface area contributed by atoms with E-state index in [1.807, 2.05) is 17.0 Å². The number of rotatable bonds is 5. The van der Waals surface area contributed by atoms with Crippen molar-refractivity contribution in [3.05, 3.63) is 48.7 Å². The van der Waals surface area contributed by atoms with Gasteiger partial charge in [0, 0.05) is 12.1 Å². The smallest absolute Gasteiger partial charge is 0.113 e. The van der Waals surface area contributed by atoms with Gasteiger partial charge < -0.3 is 0 Å². The second-order valence-corrected chi connectivity index (χ2v) is 4.16. The van der Waals surface area contributed by atoms with E-state index in [0.29, 0.717) is 0 Å². The summed E-state index contributed by atoms with van der Waals surface area (Å²) in [6, 6.07) is 8.33. The molecule has 0 N–H and O–H groups in total. The van der Waals surface area contributed by atoms with Crippen LogP contribution >= 0.6 is 0 Å². The maximum atomic E-state index is 4.18. The third-order valence-corrected chi connectivity index (χ3v) is 2.68. The molecule has 0 fully saturated rings. The zero-order chi connectivity index (χ0) is 12.1. The van der Waals surface area contributed by atoms with Crippen LogP contribution in [0.15, 0.2) is 43.1 Å². The Hall–Kier alpha value is -1.90. The summed E-state index contributed by atoms with van der Waals surface area (Å²) in [5, 5.41) is 8.30. The predicted octanol–water partition coefficient (Wildman–Crippen LogP) is 3.22. The first-order valence-electron chi connectivity index (χ1n) is 5.87. The van der Waals surface area contributed by atoms with E-state index in [1.165, 1.54) is 5.56 Å². The normalized spacial score (nSPS) is 10.4. The molecule has 17 heavy (non-hydrogen) atoms. The molecule has 0 atom stereocenters. The van der Waals surface area contributed by atoms with E-state index in [-0.39, 0.29) is 0 Å². The van der Waals surface area contributed by atoms with Gasteiger partial charge in [0.2, 0.25) is 0 Å². The standard InChI is InChI=1S/C14H17N3/c1-3-4-5-10-17-11-14(15-16-17)13-8-6-12(2)7-9-13/h3,6-9,11H,1,4-5,10H2,2H3. The predicted molar refractivity (Wildman–Crippen MR) is 69.6 cm³/mol. The largest absolute Gasteiger partial charge is 0.252 e. The molecule has 0 unspecified atom stereocenters. The second-order valence-electron chi connectivity index (χ2n) is 4.16. The molecule has 3 heteroatoms. The molecule has 0 radical (unpaired) electrons. The lowest BCUT2D eigenvalue weighted by atomic mass is 10.1. The molecule has 1 aromatic carbocycles. The number of allylic oxidation sites excluding steroid dienone is 1. The first-order valence-corrected chi connectivity index (χ1v) is 5.87. The van der Waals surface area contributed by atoms with Crippen molar-refractivity contribution in [1.29, 1.82) is 0 Å². The average molecular weight is 227 g/mol. The summed E-state index contributed by atoms with van der Waals surface area (Å²) in [4.78, 5) is 0. The molecule has 0 saturated heterocycles. The third-order valence-electron chi connectivity index (χ3n) is 2.68. The minimum Gasteiger partial charge on any atom is -0.252 e. The fourth-order valence-electron chi connectivity index (χ4n) is 1.66. The lowest BCUT2D eigenvalue weighted by Crippen LogP contribution is -1.97. The number of hydrogen-bond donors (Lipinski definition) is 0. The molecule has 1 aromatic heterocycles. The molecule has 1 heterocycles. The highest BCUT2D eigenvalue weighted by Crippen LogP contribution is 2.16. The number of unbranched alkanes of at least 4 members (excludes halogenated alkanes) is 1. The van der Waals surface area contributed by atoms with Gasteiger partial charge in [-0.1, -0.05) is 41.1 Å². The molecular weight excluding hydrogens is 210 g/mol. The molecule has 0 bridgehead atoms. The number of aromatic nitrogens is 3. The maximum Gasteiger partial charge on any atom is 0.113 e. The van der Waals surface area contributed by atoms with Gasteiger partial charge in [-0.2, -0.15) is 0 Å². The van der Waals surface area contributed by atoms with Crippen LogP contribution in [0, 0.1) is 6.92 Å². The second kappa shape index (κ2) is 5.43. The minimum absolute atomic E-state index is 0.894. The van der Waals surface area contributed by atoms with E-state index in [1.54, 1.807) is 0 Å². The van der Waals surface area contributed by atoms with Crippen LogP contribution in [0.5, 0.6) is 0 Å². The lowest BCUT2D eigenvalue weighted by molar-refractivity contribution is 0.563. The van der Waals surface area contributed by atoms with Crippen LogP contribution in [0.2, 0.25) is 0 Å². The van der Waals surface area contributed by atoms with Crippen molar-refractivity contribution in [2.24, 2.45) is 0 Å². The molecule has 0 spiro atoms. The van der Waals surface area contributed by atoms with Gasteiger partial charge in [-0.25, -0.2) is 0 Å². The number of benzene rings is 1. The Morgan fingerprint density at radius 3 is 2.76 bits per heavy atom. The van der Waals surface area contributed by atoms with E-state index < -0.39 is 0 Å². The monoisotopic (exact) mass is 227 g/mol. The molecule has 0 saturated carbocycles. The van der Waals surface area contributed by atoms with Crippen molar-refractivity contribution >= 4 is 0 Å². The summed E-state index contributed by atoms with van der Waals surface area (Å²) in [6.45, 7) is 6.68. The Labute approximate surface area is 102 Å². The summed E-state index contributed by atoms with van der Waals surface area (Å²) >= 11 is 0. The Kier molecular flexibility index (Phi) is 3.70. The van der Waals surface area contributed by atoms with Gasteiger partial charge >= 0.3 is 0 Å². The van der Waals surface area contributed by atoms with Crippen molar-refractivity contribution in [2.45, 2.75) is 26.3 Å². The highest BCUT2D eigenvalue weighted by Gasteiger charge is 2.02. The molecule has 0 aliphatic heterocycles. The fraction of sp³-hybridized carbons (Fsp3) is 0.286. The van der Waals surface area contributed by atoms with E-state index >= 15 is 0 Å². The van der Waals surface area contributed by atoms with Crippen molar-refractivity contribution < 1.29 is 0 Å². The van der Waals surface area contributed by atoms with Gasteiger partial charge in [0.15, 0.2) is 0 Å². The van der Waals surface area contributed by atoms with Crippen LogP contribution in [0.1, 0.15) is 18.4 Å². The Balaban J connectivity index is 2.07. The van der Waals surface area contributed by atoms with Gasteiger partial charge in [-0.3, -0.25) is 4.68 Å². The zero-order valence-corrected chi connectivity index (χ0v) is 10.1. The van der Waals surface area contributed by atoms with E-state index in [0.717, 1.165) is 30.6 Å². The first-order chi connectivity index (χ1) is 8.29. The lowest BCUT2D eigenvalue weighted by Gasteiger charge is -1.97. The number of aryl methyl sites for hydroxylation is 2.